The number of hydrogen-bond acceptors (Lipinski definition) is 4. The van der Waals surface area contributed by atoms with Crippen molar-refractivity contribution in [3.63, 3.8) is 0 Å². The molecule has 6 heteroatoms. The minimum absolute atomic E-state index is 0.449. The first-order valence-corrected chi connectivity index (χ1v) is 5.66. The van der Waals surface area contributed by atoms with Gasteiger partial charge >= 0.3 is 0 Å². The lowest BCUT2D eigenvalue weighted by Gasteiger charge is -1.99. The highest BCUT2D eigenvalue weighted by Gasteiger charge is 2.06. The summed E-state index contributed by atoms with van der Waals surface area (Å²) < 4.78 is 0. The summed E-state index contributed by atoms with van der Waals surface area (Å²) in [4.78, 5) is 12.5. The average molecular weight is 253 g/mol. The van der Waals surface area contributed by atoms with E-state index in [2.05, 4.69) is 10.2 Å². The number of primary amides is 1. The molecule has 0 aliphatic carbocycles. The summed E-state index contributed by atoms with van der Waals surface area (Å²) in [6.45, 7) is 0. The fraction of sp³-hybridized carbons (Fsp3) is 0. The van der Waals surface area contributed by atoms with Crippen molar-refractivity contribution in [2.24, 2.45) is 5.73 Å². The predicted octanol–water partition coefficient (Wildman–Crippen LogP) is 1.10. The lowest BCUT2D eigenvalue weighted by molar-refractivity contribution is 0.100. The van der Waals surface area contributed by atoms with E-state index >= 15 is 0 Å². The van der Waals surface area contributed by atoms with Gasteiger partial charge in [0.2, 0.25) is 5.91 Å². The van der Waals surface area contributed by atoms with Crippen molar-refractivity contribution in [3.8, 4) is 5.69 Å². The van der Waals surface area contributed by atoms with Crippen LogP contribution in [0.3, 0.4) is 0 Å². The maximum Gasteiger partial charge on any atom is 0.248 e. The molecule has 94 valence electrons. The highest BCUT2D eigenvalue weighted by molar-refractivity contribution is 5.92. The average Bonchev–Trinajstić information content (AvgIpc) is 2.81. The summed E-state index contributed by atoms with van der Waals surface area (Å²) >= 11 is 0. The lowest BCUT2D eigenvalue weighted by Crippen LogP contribution is -2.10. The molecule has 0 aliphatic rings. The van der Waals surface area contributed by atoms with Crippen molar-refractivity contribution in [2.75, 3.05) is 5.73 Å². The van der Waals surface area contributed by atoms with Gasteiger partial charge in [-0.1, -0.05) is 0 Å². The van der Waals surface area contributed by atoms with Gasteiger partial charge in [-0.15, -0.1) is 10.2 Å². The third-order valence-electron chi connectivity index (χ3n) is 2.79. The Morgan fingerprint density at radius 1 is 1.00 bits per heavy atom. The largest absolute Gasteiger partial charge is 0.399 e. The van der Waals surface area contributed by atoms with Crippen LogP contribution in [-0.4, -0.2) is 20.9 Å². The summed E-state index contributed by atoms with van der Waals surface area (Å²) in [5, 5.41) is 8.66. The second-order valence-electron chi connectivity index (χ2n) is 4.15. The Hall–Kier alpha value is -2.89. The van der Waals surface area contributed by atoms with E-state index < -0.39 is 5.91 Å². The fourth-order valence-electron chi connectivity index (χ4n) is 1.81. The van der Waals surface area contributed by atoms with Crippen LogP contribution in [0.5, 0.6) is 0 Å². The Labute approximate surface area is 108 Å². The number of hydrogen-bond donors (Lipinski definition) is 2. The Morgan fingerprint density at radius 3 is 2.37 bits per heavy atom. The number of benzene rings is 2. The molecule has 0 spiro atoms. The number of rotatable bonds is 2. The molecule has 0 bridgehead atoms. The van der Waals surface area contributed by atoms with Gasteiger partial charge in [0, 0.05) is 11.3 Å². The molecule has 0 atom stereocenters. The first-order chi connectivity index (χ1) is 9.13. The Balaban J connectivity index is 2.06. The Kier molecular flexibility index (Phi) is 2.42. The van der Waals surface area contributed by atoms with Gasteiger partial charge < -0.3 is 11.5 Å². The van der Waals surface area contributed by atoms with Crippen molar-refractivity contribution in [2.45, 2.75) is 0 Å². The Bertz CT molecular complexity index is 760. The number of nitrogen functional groups attached to an aromatic ring is 1. The summed E-state index contributed by atoms with van der Waals surface area (Å²) in [5.41, 5.74) is 14.2. The zero-order valence-electron chi connectivity index (χ0n) is 9.95. The number of amides is 1. The van der Waals surface area contributed by atoms with Crippen molar-refractivity contribution in [1.29, 1.82) is 0 Å². The summed E-state index contributed by atoms with van der Waals surface area (Å²) in [6, 6.07) is 12.1. The van der Waals surface area contributed by atoms with E-state index in [1.807, 2.05) is 6.07 Å². The molecule has 3 rings (SSSR count). The number of fused-ring (bicyclic) bond motifs is 1. The van der Waals surface area contributed by atoms with Crippen LogP contribution >= 0.6 is 0 Å². The molecule has 0 saturated carbocycles. The summed E-state index contributed by atoms with van der Waals surface area (Å²) in [5.74, 6) is -0.460. The zero-order chi connectivity index (χ0) is 13.4. The van der Waals surface area contributed by atoms with Gasteiger partial charge in [0.05, 0.1) is 5.69 Å². The fourth-order valence-corrected chi connectivity index (χ4v) is 1.81. The predicted molar refractivity (Wildman–Crippen MR) is 71.8 cm³/mol. The normalized spacial score (nSPS) is 10.7. The highest BCUT2D eigenvalue weighted by atomic mass is 16.1. The van der Waals surface area contributed by atoms with Gasteiger partial charge in [-0.3, -0.25) is 4.79 Å². The molecule has 1 heterocycles. The minimum atomic E-state index is -0.460. The van der Waals surface area contributed by atoms with Crippen LogP contribution in [-0.2, 0) is 0 Å². The van der Waals surface area contributed by atoms with Crippen LogP contribution in [0.4, 0.5) is 5.69 Å². The second kappa shape index (κ2) is 4.09. The van der Waals surface area contributed by atoms with E-state index in [1.54, 1.807) is 36.4 Å². The molecule has 4 N–H and O–H groups in total. The highest BCUT2D eigenvalue weighted by Crippen LogP contribution is 2.15. The summed E-state index contributed by atoms with van der Waals surface area (Å²) in [6.07, 6.45) is 0. The van der Waals surface area contributed by atoms with Gasteiger partial charge in [-0.2, -0.15) is 4.80 Å². The lowest BCUT2D eigenvalue weighted by atomic mass is 10.2. The van der Waals surface area contributed by atoms with Crippen molar-refractivity contribution >= 4 is 22.6 Å². The van der Waals surface area contributed by atoms with Gasteiger partial charge in [0.15, 0.2) is 0 Å². The van der Waals surface area contributed by atoms with Gasteiger partial charge in [-0.05, 0) is 42.5 Å². The SMILES string of the molecule is NC(=O)c1ccc(-n2nc3ccc(N)cc3n2)cc1. The van der Waals surface area contributed by atoms with Gasteiger partial charge in [-0.25, -0.2) is 0 Å². The molecule has 0 radical (unpaired) electrons. The summed E-state index contributed by atoms with van der Waals surface area (Å²) in [7, 11) is 0. The monoisotopic (exact) mass is 253 g/mol. The van der Waals surface area contributed by atoms with Crippen LogP contribution in [0.1, 0.15) is 10.4 Å². The van der Waals surface area contributed by atoms with E-state index in [4.69, 9.17) is 11.5 Å². The number of anilines is 1. The molecular formula is C13H11N5O. The first kappa shape index (κ1) is 11.2. The third kappa shape index (κ3) is 1.99. The number of aromatic nitrogens is 3. The van der Waals surface area contributed by atoms with Gasteiger partial charge in [0.25, 0.3) is 0 Å². The molecule has 0 fully saturated rings. The molecule has 19 heavy (non-hydrogen) atoms. The van der Waals surface area contributed by atoms with Crippen LogP contribution in [0.25, 0.3) is 16.7 Å². The van der Waals surface area contributed by atoms with Crippen molar-refractivity contribution in [3.05, 3.63) is 48.0 Å². The number of nitrogens with two attached hydrogens (primary N) is 2. The van der Waals surface area contributed by atoms with E-state index in [0.717, 1.165) is 16.7 Å². The maximum atomic E-state index is 11.0. The third-order valence-corrected chi connectivity index (χ3v) is 2.79. The smallest absolute Gasteiger partial charge is 0.248 e. The second-order valence-corrected chi connectivity index (χ2v) is 4.15. The van der Waals surface area contributed by atoms with Gasteiger partial charge in [0.1, 0.15) is 11.0 Å². The van der Waals surface area contributed by atoms with Crippen LogP contribution < -0.4 is 11.5 Å². The molecule has 6 nitrogen and oxygen atoms in total. The molecule has 3 aromatic rings. The van der Waals surface area contributed by atoms with Crippen LogP contribution in [0.15, 0.2) is 42.5 Å². The van der Waals surface area contributed by atoms with Crippen LogP contribution in [0, 0.1) is 0 Å². The number of carbonyl (C=O) groups is 1. The number of carbonyl (C=O) groups excluding carboxylic acids is 1. The molecule has 2 aromatic carbocycles. The van der Waals surface area contributed by atoms with E-state index in [-0.39, 0.29) is 0 Å². The van der Waals surface area contributed by atoms with Crippen molar-refractivity contribution in [1.82, 2.24) is 15.0 Å². The van der Waals surface area contributed by atoms with E-state index in [1.165, 1.54) is 4.80 Å². The standard InChI is InChI=1S/C13H11N5O/c14-9-3-6-11-12(7-9)17-18(16-11)10-4-1-8(2-5-10)13(15)19/h1-7H,14H2,(H2,15,19). The quantitative estimate of drug-likeness (QED) is 0.668. The van der Waals surface area contributed by atoms with E-state index in [0.29, 0.717) is 11.3 Å². The molecule has 1 amide bonds. The molecule has 1 aromatic heterocycles. The maximum absolute atomic E-state index is 11.0. The first-order valence-electron chi connectivity index (χ1n) is 5.66. The zero-order valence-corrected chi connectivity index (χ0v) is 9.95. The minimum Gasteiger partial charge on any atom is -0.399 e. The molecule has 0 unspecified atom stereocenters. The molecule has 0 aliphatic heterocycles. The Morgan fingerprint density at radius 2 is 1.68 bits per heavy atom. The molecular weight excluding hydrogens is 242 g/mol. The molecule has 0 saturated heterocycles. The van der Waals surface area contributed by atoms with Crippen LogP contribution in [0.2, 0.25) is 0 Å². The topological polar surface area (TPSA) is 99.8 Å². The number of nitrogens with zero attached hydrogens (tertiary/aromatic N) is 3. The van der Waals surface area contributed by atoms with Crippen molar-refractivity contribution < 1.29 is 4.79 Å². The van der Waals surface area contributed by atoms with E-state index in [9.17, 15) is 4.79 Å².